The Kier molecular flexibility index (Phi) is 2.70. The molecule has 0 bridgehead atoms. The van der Waals surface area contributed by atoms with Gasteiger partial charge < -0.3 is 9.84 Å². The van der Waals surface area contributed by atoms with Gasteiger partial charge in [0, 0.05) is 0 Å². The van der Waals surface area contributed by atoms with Crippen LogP contribution in [0.5, 0.6) is 0 Å². The summed E-state index contributed by atoms with van der Waals surface area (Å²) in [6.07, 6.45) is 0. The first-order valence-electron chi connectivity index (χ1n) is 4.72. The van der Waals surface area contributed by atoms with E-state index in [9.17, 15) is 9.59 Å². The molecule has 1 heterocycles. The van der Waals surface area contributed by atoms with E-state index in [0.717, 1.165) is 7.11 Å². The quantitative estimate of drug-likeness (QED) is 0.780. The maximum Gasteiger partial charge on any atom is 0.359 e. The van der Waals surface area contributed by atoms with Crippen LogP contribution in [-0.2, 0) is 4.74 Å². The molecular weight excluding hydrogens is 224 g/mol. The van der Waals surface area contributed by atoms with E-state index in [2.05, 4.69) is 14.7 Å². The Bertz CT molecular complexity index is 609. The largest absolute Gasteiger partial charge is 0.476 e. The average Bonchev–Trinajstić information content (AvgIpc) is 2.36. The van der Waals surface area contributed by atoms with Crippen molar-refractivity contribution in [1.82, 2.24) is 9.97 Å². The topological polar surface area (TPSA) is 89.4 Å². The number of carbonyl (C=O) groups excluding carboxylic acids is 1. The lowest BCUT2D eigenvalue weighted by atomic mass is 10.2. The Hall–Kier alpha value is -2.50. The molecule has 0 saturated heterocycles. The number of nitrogens with zero attached hydrogens (tertiary/aromatic N) is 2. The molecule has 0 aliphatic carbocycles. The predicted octanol–water partition coefficient (Wildman–Crippen LogP) is 1.11. The minimum absolute atomic E-state index is 0.293. The zero-order valence-corrected chi connectivity index (χ0v) is 8.88. The normalized spacial score (nSPS) is 10.2. The van der Waals surface area contributed by atoms with Crippen LogP contribution in [0.4, 0.5) is 0 Å². The molecule has 1 aromatic heterocycles. The molecule has 6 nitrogen and oxygen atoms in total. The molecule has 6 heteroatoms. The Morgan fingerprint density at radius 2 is 1.65 bits per heavy atom. The first kappa shape index (κ1) is 11.0. The van der Waals surface area contributed by atoms with Crippen molar-refractivity contribution >= 4 is 23.0 Å². The van der Waals surface area contributed by atoms with Crippen LogP contribution in [0.3, 0.4) is 0 Å². The molecule has 0 radical (unpaired) electrons. The molecule has 0 fully saturated rings. The molecule has 86 valence electrons. The third-order valence-corrected chi connectivity index (χ3v) is 2.15. The molecule has 1 N–H and O–H groups in total. The standard InChI is InChI=1S/C11H8N2O4/c1-17-11(16)9-8(10(14)15)12-6-4-2-3-5-7(6)13-9/h2-5H,1H3,(H,14,15). The fourth-order valence-corrected chi connectivity index (χ4v) is 1.39. The van der Waals surface area contributed by atoms with Crippen molar-refractivity contribution in [2.45, 2.75) is 0 Å². The third kappa shape index (κ3) is 1.92. The summed E-state index contributed by atoms with van der Waals surface area (Å²) in [5.74, 6) is -2.13. The second-order valence-corrected chi connectivity index (χ2v) is 3.21. The molecule has 0 aliphatic heterocycles. The van der Waals surface area contributed by atoms with Crippen molar-refractivity contribution in [2.75, 3.05) is 7.11 Å². The number of esters is 1. The van der Waals surface area contributed by atoms with Gasteiger partial charge in [-0.05, 0) is 12.1 Å². The number of rotatable bonds is 2. The molecule has 1 aromatic carbocycles. The van der Waals surface area contributed by atoms with Crippen molar-refractivity contribution in [2.24, 2.45) is 0 Å². The van der Waals surface area contributed by atoms with Crippen LogP contribution >= 0.6 is 0 Å². The highest BCUT2D eigenvalue weighted by Crippen LogP contribution is 2.13. The van der Waals surface area contributed by atoms with Crippen LogP contribution in [0.25, 0.3) is 11.0 Å². The maximum atomic E-state index is 11.4. The van der Waals surface area contributed by atoms with Crippen LogP contribution in [0.2, 0.25) is 0 Å². The third-order valence-electron chi connectivity index (χ3n) is 2.15. The molecule has 0 aliphatic rings. The highest BCUT2D eigenvalue weighted by atomic mass is 16.5. The molecule has 0 atom stereocenters. The highest BCUT2D eigenvalue weighted by molar-refractivity contribution is 6.01. The SMILES string of the molecule is COC(=O)c1nc2ccccc2nc1C(=O)O. The van der Waals surface area contributed by atoms with Gasteiger partial charge in [-0.25, -0.2) is 19.6 Å². The predicted molar refractivity (Wildman–Crippen MR) is 57.8 cm³/mol. The lowest BCUT2D eigenvalue weighted by molar-refractivity contribution is 0.0574. The summed E-state index contributed by atoms with van der Waals surface area (Å²) in [5.41, 5.74) is 0.157. The molecule has 2 rings (SSSR count). The lowest BCUT2D eigenvalue weighted by Gasteiger charge is -2.04. The maximum absolute atomic E-state index is 11.4. The number of carboxylic acid groups (broad SMARTS) is 1. The van der Waals surface area contributed by atoms with E-state index in [-0.39, 0.29) is 5.69 Å². The van der Waals surface area contributed by atoms with Crippen molar-refractivity contribution in [3.8, 4) is 0 Å². The van der Waals surface area contributed by atoms with Gasteiger partial charge in [0.1, 0.15) is 0 Å². The first-order chi connectivity index (χ1) is 8.13. The van der Waals surface area contributed by atoms with Gasteiger partial charge in [-0.2, -0.15) is 0 Å². The van der Waals surface area contributed by atoms with Crippen LogP contribution < -0.4 is 0 Å². The van der Waals surface area contributed by atoms with Gasteiger partial charge >= 0.3 is 11.9 Å². The number of hydrogen-bond donors (Lipinski definition) is 1. The number of aromatic nitrogens is 2. The van der Waals surface area contributed by atoms with E-state index in [1.165, 1.54) is 0 Å². The smallest absolute Gasteiger partial charge is 0.359 e. The zero-order chi connectivity index (χ0) is 12.4. The van der Waals surface area contributed by atoms with Crippen LogP contribution in [0.1, 0.15) is 21.0 Å². The Morgan fingerprint density at radius 3 is 2.12 bits per heavy atom. The molecule has 0 unspecified atom stereocenters. The minimum Gasteiger partial charge on any atom is -0.476 e. The summed E-state index contributed by atoms with van der Waals surface area (Å²) in [4.78, 5) is 30.2. The van der Waals surface area contributed by atoms with Crippen LogP contribution in [-0.4, -0.2) is 34.1 Å². The molecule has 0 saturated carbocycles. The van der Waals surface area contributed by atoms with Gasteiger partial charge in [-0.15, -0.1) is 0 Å². The fourth-order valence-electron chi connectivity index (χ4n) is 1.39. The van der Waals surface area contributed by atoms with Gasteiger partial charge in [0.2, 0.25) is 0 Å². The van der Waals surface area contributed by atoms with E-state index in [1.54, 1.807) is 24.3 Å². The van der Waals surface area contributed by atoms with Gasteiger partial charge in [-0.1, -0.05) is 12.1 Å². The Balaban J connectivity index is 2.75. The summed E-state index contributed by atoms with van der Waals surface area (Å²) in [6.45, 7) is 0. The monoisotopic (exact) mass is 232 g/mol. The van der Waals surface area contributed by atoms with Gasteiger partial charge in [0.25, 0.3) is 0 Å². The van der Waals surface area contributed by atoms with Gasteiger partial charge in [-0.3, -0.25) is 0 Å². The molecule has 0 spiro atoms. The molecule has 0 amide bonds. The Labute approximate surface area is 95.9 Å². The number of methoxy groups -OCH3 is 1. The van der Waals surface area contributed by atoms with Crippen molar-refractivity contribution < 1.29 is 19.4 Å². The molecular formula is C11H8N2O4. The van der Waals surface area contributed by atoms with Crippen molar-refractivity contribution in [3.05, 3.63) is 35.7 Å². The van der Waals surface area contributed by atoms with Crippen LogP contribution in [0.15, 0.2) is 24.3 Å². The zero-order valence-electron chi connectivity index (χ0n) is 8.88. The van der Waals surface area contributed by atoms with Crippen molar-refractivity contribution in [1.29, 1.82) is 0 Å². The number of fused-ring (bicyclic) bond motifs is 1. The second-order valence-electron chi connectivity index (χ2n) is 3.21. The lowest BCUT2D eigenvalue weighted by Crippen LogP contribution is -2.14. The number of para-hydroxylation sites is 2. The summed E-state index contributed by atoms with van der Waals surface area (Å²) in [7, 11) is 1.16. The number of hydrogen-bond acceptors (Lipinski definition) is 5. The van der Waals surface area contributed by atoms with Crippen LogP contribution in [0, 0.1) is 0 Å². The van der Waals surface area contributed by atoms with Crippen molar-refractivity contribution in [3.63, 3.8) is 0 Å². The second kappa shape index (κ2) is 4.17. The number of carboxylic acids is 1. The van der Waals surface area contributed by atoms with E-state index < -0.39 is 17.6 Å². The summed E-state index contributed by atoms with van der Waals surface area (Å²) in [6, 6.07) is 6.69. The molecule has 17 heavy (non-hydrogen) atoms. The summed E-state index contributed by atoms with van der Waals surface area (Å²) in [5, 5.41) is 8.96. The minimum atomic E-state index is -1.32. The first-order valence-corrected chi connectivity index (χ1v) is 4.72. The number of benzene rings is 1. The van der Waals surface area contributed by atoms with E-state index in [0.29, 0.717) is 11.0 Å². The fraction of sp³-hybridized carbons (Fsp3) is 0.0909. The number of aromatic carboxylic acids is 1. The van der Waals surface area contributed by atoms with Gasteiger partial charge in [0.15, 0.2) is 11.4 Å². The Morgan fingerprint density at radius 1 is 1.12 bits per heavy atom. The van der Waals surface area contributed by atoms with E-state index in [1.807, 2.05) is 0 Å². The summed E-state index contributed by atoms with van der Waals surface area (Å²) >= 11 is 0. The number of carbonyl (C=O) groups is 2. The average molecular weight is 232 g/mol. The van der Waals surface area contributed by atoms with Gasteiger partial charge in [0.05, 0.1) is 18.1 Å². The molecule has 2 aromatic rings. The highest BCUT2D eigenvalue weighted by Gasteiger charge is 2.21. The number of ether oxygens (including phenoxy) is 1. The van der Waals surface area contributed by atoms with E-state index >= 15 is 0 Å². The summed E-state index contributed by atoms with van der Waals surface area (Å²) < 4.78 is 4.47. The van der Waals surface area contributed by atoms with E-state index in [4.69, 9.17) is 5.11 Å².